The van der Waals surface area contributed by atoms with E-state index >= 15 is 0 Å². The number of likely N-dealkylation sites (N-methyl/N-ethyl adjacent to an activating group) is 1. The van der Waals surface area contributed by atoms with Crippen molar-refractivity contribution in [1.29, 1.82) is 0 Å². The largest absolute Gasteiger partial charge is 0.490 e. The van der Waals surface area contributed by atoms with E-state index in [1.807, 2.05) is 6.92 Å². The van der Waals surface area contributed by atoms with Crippen LogP contribution < -0.4 is 9.46 Å². The first-order valence-electron chi connectivity index (χ1n) is 15.3. The lowest BCUT2D eigenvalue weighted by Gasteiger charge is -2.36. The van der Waals surface area contributed by atoms with Gasteiger partial charge in [0.25, 0.3) is 15.9 Å². The minimum absolute atomic E-state index is 0.0163. The van der Waals surface area contributed by atoms with Gasteiger partial charge in [0.05, 0.1) is 35.3 Å². The SMILES string of the molecule is C[C@H](CO)N1C[C@H](C)[C@H](CN(C)CC2CC2)OCCCC[C@H](C)Oc2ccc(NS(=O)(=O)c3ccc(Cl)cc3)cc2C1=O. The molecule has 0 aromatic heterocycles. The molecule has 1 aliphatic carbocycles. The summed E-state index contributed by atoms with van der Waals surface area (Å²) in [5, 5.41) is 10.6. The Morgan fingerprint density at radius 2 is 1.81 bits per heavy atom. The number of hydrogen-bond acceptors (Lipinski definition) is 7. The second-order valence-corrected chi connectivity index (χ2v) is 14.4. The first kappa shape index (κ1) is 33.5. The Kier molecular flexibility index (Phi) is 11.8. The standard InChI is InChI=1S/C32H46ClN3O6S/c1-22-18-36(23(2)21-37)32(38)29-17-27(34-43(39,40)28-13-10-26(33)11-14-28)12-15-30(29)42-24(3)7-5-6-16-41-31(22)20-35(4)19-25-8-9-25/h10-15,17,22-25,31,34,37H,5-9,16,18-21H2,1-4H3/t22-,23+,24-,31-/m0/s1. The molecular weight excluding hydrogens is 590 g/mol. The minimum atomic E-state index is -3.94. The number of carbonyl (C=O) groups excluding carboxylic acids is 1. The predicted octanol–water partition coefficient (Wildman–Crippen LogP) is 5.28. The lowest BCUT2D eigenvalue weighted by Crippen LogP contribution is -2.47. The van der Waals surface area contributed by atoms with Crippen LogP contribution in [0.1, 0.15) is 63.2 Å². The van der Waals surface area contributed by atoms with Crippen molar-refractivity contribution >= 4 is 33.2 Å². The molecule has 2 N–H and O–H groups in total. The van der Waals surface area contributed by atoms with E-state index in [0.717, 1.165) is 38.3 Å². The van der Waals surface area contributed by atoms with Gasteiger partial charge in [-0.3, -0.25) is 9.52 Å². The molecule has 11 heteroatoms. The lowest BCUT2D eigenvalue weighted by molar-refractivity contribution is -0.0172. The third kappa shape index (κ3) is 9.56. The molecule has 1 amide bonds. The van der Waals surface area contributed by atoms with E-state index in [-0.39, 0.29) is 46.8 Å². The quantitative estimate of drug-likeness (QED) is 0.386. The van der Waals surface area contributed by atoms with Gasteiger partial charge in [0.15, 0.2) is 0 Å². The Hall–Kier alpha value is -2.37. The van der Waals surface area contributed by atoms with E-state index in [2.05, 4.69) is 23.6 Å². The van der Waals surface area contributed by atoms with Crippen molar-refractivity contribution in [3.05, 3.63) is 53.1 Å². The van der Waals surface area contributed by atoms with Crippen molar-refractivity contribution in [1.82, 2.24) is 9.80 Å². The van der Waals surface area contributed by atoms with Gasteiger partial charge in [0, 0.05) is 42.9 Å². The van der Waals surface area contributed by atoms with Gasteiger partial charge in [0.1, 0.15) is 5.75 Å². The normalized spacial score (nSPS) is 23.3. The third-order valence-electron chi connectivity index (χ3n) is 8.19. The lowest BCUT2D eigenvalue weighted by atomic mass is 10.0. The molecule has 1 heterocycles. The molecule has 2 aliphatic rings. The maximum Gasteiger partial charge on any atom is 0.261 e. The molecule has 0 bridgehead atoms. The van der Waals surface area contributed by atoms with Crippen LogP contribution in [-0.4, -0.2) is 87.4 Å². The van der Waals surface area contributed by atoms with Crippen LogP contribution in [0.2, 0.25) is 5.02 Å². The Bertz CT molecular complexity index is 1320. The van der Waals surface area contributed by atoms with E-state index < -0.39 is 16.1 Å². The Morgan fingerprint density at radius 3 is 2.49 bits per heavy atom. The minimum Gasteiger partial charge on any atom is -0.490 e. The number of carbonyl (C=O) groups is 1. The van der Waals surface area contributed by atoms with Gasteiger partial charge in [-0.1, -0.05) is 18.5 Å². The maximum absolute atomic E-state index is 14.3. The fraction of sp³-hybridized carbons (Fsp3) is 0.594. The summed E-state index contributed by atoms with van der Waals surface area (Å²) in [4.78, 5) is 18.3. The molecule has 4 atom stereocenters. The van der Waals surface area contributed by atoms with E-state index in [1.54, 1.807) is 24.0 Å². The number of rotatable bonds is 9. The van der Waals surface area contributed by atoms with Crippen molar-refractivity contribution in [2.24, 2.45) is 11.8 Å². The Morgan fingerprint density at radius 1 is 1.09 bits per heavy atom. The van der Waals surface area contributed by atoms with E-state index in [1.165, 1.54) is 43.2 Å². The highest BCUT2D eigenvalue weighted by molar-refractivity contribution is 7.92. The van der Waals surface area contributed by atoms with Crippen LogP contribution in [0.15, 0.2) is 47.4 Å². The van der Waals surface area contributed by atoms with Crippen molar-refractivity contribution in [2.75, 3.05) is 44.6 Å². The molecule has 2 aromatic carbocycles. The van der Waals surface area contributed by atoms with Gasteiger partial charge >= 0.3 is 0 Å². The van der Waals surface area contributed by atoms with E-state index in [4.69, 9.17) is 21.1 Å². The number of halogens is 1. The van der Waals surface area contributed by atoms with E-state index in [9.17, 15) is 18.3 Å². The van der Waals surface area contributed by atoms with Crippen molar-refractivity contribution in [2.45, 2.75) is 76.0 Å². The molecule has 9 nitrogen and oxygen atoms in total. The first-order chi connectivity index (χ1) is 20.5. The molecular formula is C32H46ClN3O6S. The summed E-state index contributed by atoms with van der Waals surface area (Å²) in [6, 6.07) is 10.1. The average Bonchev–Trinajstić information content (AvgIpc) is 3.78. The Labute approximate surface area is 261 Å². The maximum atomic E-state index is 14.3. The fourth-order valence-electron chi connectivity index (χ4n) is 5.40. The van der Waals surface area contributed by atoms with Gasteiger partial charge in [-0.25, -0.2) is 8.42 Å². The topological polar surface area (TPSA) is 108 Å². The third-order valence-corrected chi connectivity index (χ3v) is 9.84. The predicted molar refractivity (Wildman–Crippen MR) is 169 cm³/mol. The van der Waals surface area contributed by atoms with Gasteiger partial charge in [-0.2, -0.15) is 0 Å². The molecule has 238 valence electrons. The number of ether oxygens (including phenoxy) is 2. The van der Waals surface area contributed by atoms with Crippen LogP contribution in [0.4, 0.5) is 5.69 Å². The van der Waals surface area contributed by atoms with E-state index in [0.29, 0.717) is 23.9 Å². The number of aliphatic hydroxyl groups is 1. The first-order valence-corrected chi connectivity index (χ1v) is 17.1. The van der Waals surface area contributed by atoms with Crippen molar-refractivity contribution < 1.29 is 27.8 Å². The molecule has 1 aliphatic heterocycles. The molecule has 43 heavy (non-hydrogen) atoms. The number of benzene rings is 2. The molecule has 0 unspecified atom stereocenters. The summed E-state index contributed by atoms with van der Waals surface area (Å²) in [6.45, 7) is 8.43. The highest BCUT2D eigenvalue weighted by Gasteiger charge is 2.31. The van der Waals surface area contributed by atoms with Crippen LogP contribution in [0.25, 0.3) is 0 Å². The number of amides is 1. The molecule has 1 fully saturated rings. The molecule has 0 saturated heterocycles. The summed E-state index contributed by atoms with van der Waals surface area (Å²) in [6.07, 6.45) is 4.89. The number of aliphatic hydroxyl groups excluding tert-OH is 1. The van der Waals surface area contributed by atoms with Crippen LogP contribution in [0.5, 0.6) is 5.75 Å². The zero-order chi connectivity index (χ0) is 31.1. The number of anilines is 1. The zero-order valence-corrected chi connectivity index (χ0v) is 27.2. The molecule has 0 spiro atoms. The second-order valence-electron chi connectivity index (χ2n) is 12.2. The number of sulfonamides is 1. The highest BCUT2D eigenvalue weighted by Crippen LogP contribution is 2.31. The van der Waals surface area contributed by atoms with Crippen LogP contribution in [-0.2, 0) is 14.8 Å². The van der Waals surface area contributed by atoms with Gasteiger partial charge in [-0.05, 0) is 101 Å². The fourth-order valence-corrected chi connectivity index (χ4v) is 6.57. The molecule has 0 radical (unpaired) electrons. The van der Waals surface area contributed by atoms with Crippen molar-refractivity contribution in [3.63, 3.8) is 0 Å². The van der Waals surface area contributed by atoms with Crippen molar-refractivity contribution in [3.8, 4) is 5.75 Å². The number of nitrogens with zero attached hydrogens (tertiary/aromatic N) is 2. The summed E-state index contributed by atoms with van der Waals surface area (Å²) >= 11 is 5.94. The summed E-state index contributed by atoms with van der Waals surface area (Å²) in [5.74, 6) is 0.780. The Balaban J connectivity index is 1.65. The zero-order valence-electron chi connectivity index (χ0n) is 25.7. The molecule has 4 rings (SSSR count). The second kappa shape index (κ2) is 15.1. The number of nitrogens with one attached hydrogen (secondary N) is 1. The number of fused-ring (bicyclic) bond motifs is 1. The number of hydrogen-bond donors (Lipinski definition) is 2. The van der Waals surface area contributed by atoms with Gasteiger partial charge < -0.3 is 24.4 Å². The summed E-state index contributed by atoms with van der Waals surface area (Å²) < 4.78 is 41.5. The smallest absolute Gasteiger partial charge is 0.261 e. The monoisotopic (exact) mass is 635 g/mol. The van der Waals surface area contributed by atoms with Crippen LogP contribution >= 0.6 is 11.6 Å². The average molecular weight is 636 g/mol. The highest BCUT2D eigenvalue weighted by atomic mass is 35.5. The van der Waals surface area contributed by atoms with Gasteiger partial charge in [-0.15, -0.1) is 0 Å². The molecule has 1 saturated carbocycles. The summed E-state index contributed by atoms with van der Waals surface area (Å²) in [7, 11) is -1.81. The summed E-state index contributed by atoms with van der Waals surface area (Å²) in [5.41, 5.74) is 0.461. The molecule has 2 aromatic rings. The van der Waals surface area contributed by atoms with Crippen LogP contribution in [0, 0.1) is 11.8 Å². The van der Waals surface area contributed by atoms with Gasteiger partial charge in [0.2, 0.25) is 0 Å². The van der Waals surface area contributed by atoms with Crippen LogP contribution in [0.3, 0.4) is 0 Å².